The third kappa shape index (κ3) is 4.14. The average molecular weight is 371 g/mol. The molecular formula is C24H26N4. The number of hydrogen-bond donors (Lipinski definition) is 2. The lowest BCUT2D eigenvalue weighted by Gasteiger charge is -2.08. The Morgan fingerprint density at radius 3 is 2.36 bits per heavy atom. The molecular weight excluding hydrogens is 344 g/mol. The summed E-state index contributed by atoms with van der Waals surface area (Å²) in [5, 5.41) is 3.33. The Kier molecular flexibility index (Phi) is 5.51. The van der Waals surface area contributed by atoms with E-state index in [9.17, 15) is 0 Å². The van der Waals surface area contributed by atoms with Crippen LogP contribution in [0.15, 0.2) is 73.1 Å². The van der Waals surface area contributed by atoms with Crippen LogP contribution < -0.4 is 11.1 Å². The Hall–Kier alpha value is -2.95. The molecule has 142 valence electrons. The summed E-state index contributed by atoms with van der Waals surface area (Å²) >= 11 is 0. The van der Waals surface area contributed by atoms with Gasteiger partial charge in [-0.15, -0.1) is 0 Å². The Morgan fingerprint density at radius 2 is 1.61 bits per heavy atom. The number of benzene rings is 3. The van der Waals surface area contributed by atoms with Gasteiger partial charge >= 0.3 is 0 Å². The molecule has 3 N–H and O–H groups in total. The molecule has 4 nitrogen and oxygen atoms in total. The minimum Gasteiger partial charge on any atom is -0.329 e. The molecule has 0 amide bonds. The zero-order valence-electron chi connectivity index (χ0n) is 16.2. The van der Waals surface area contributed by atoms with Gasteiger partial charge in [-0.05, 0) is 41.3 Å². The molecule has 1 heterocycles. The summed E-state index contributed by atoms with van der Waals surface area (Å²) in [4.78, 5) is 4.57. The average Bonchev–Trinajstić information content (AvgIpc) is 3.12. The van der Waals surface area contributed by atoms with E-state index in [1.165, 1.54) is 27.8 Å². The number of nitrogens with one attached hydrogen (secondary N) is 1. The largest absolute Gasteiger partial charge is 0.329 e. The highest BCUT2D eigenvalue weighted by atomic mass is 15.0. The summed E-state index contributed by atoms with van der Waals surface area (Å²) in [7, 11) is 0. The molecule has 0 radical (unpaired) electrons. The van der Waals surface area contributed by atoms with Crippen LogP contribution in [0.5, 0.6) is 0 Å². The fourth-order valence-corrected chi connectivity index (χ4v) is 3.40. The van der Waals surface area contributed by atoms with Crippen molar-refractivity contribution >= 4 is 11.0 Å². The van der Waals surface area contributed by atoms with Gasteiger partial charge in [-0.1, -0.05) is 60.2 Å². The quantitative estimate of drug-likeness (QED) is 0.481. The van der Waals surface area contributed by atoms with Crippen molar-refractivity contribution in [3.8, 4) is 11.1 Å². The van der Waals surface area contributed by atoms with Gasteiger partial charge in [0.1, 0.15) is 0 Å². The molecule has 1 aromatic heterocycles. The van der Waals surface area contributed by atoms with Crippen molar-refractivity contribution < 1.29 is 0 Å². The summed E-state index contributed by atoms with van der Waals surface area (Å²) in [5.41, 5.74) is 14.0. The van der Waals surface area contributed by atoms with Gasteiger partial charge in [0.25, 0.3) is 0 Å². The lowest BCUT2D eigenvalue weighted by Crippen LogP contribution is -2.21. The highest BCUT2D eigenvalue weighted by Crippen LogP contribution is 2.25. The SMILES string of the molecule is Cc1ccc(Cn2cnc3ccc(-c4ccc(CNCCN)cc4)cc32)cc1. The molecule has 28 heavy (non-hydrogen) atoms. The van der Waals surface area contributed by atoms with E-state index in [-0.39, 0.29) is 0 Å². The number of imidazole rings is 1. The first-order valence-electron chi connectivity index (χ1n) is 9.73. The van der Waals surface area contributed by atoms with E-state index in [1.807, 2.05) is 6.33 Å². The van der Waals surface area contributed by atoms with Crippen molar-refractivity contribution in [3.63, 3.8) is 0 Å². The van der Waals surface area contributed by atoms with Crippen molar-refractivity contribution in [1.29, 1.82) is 0 Å². The van der Waals surface area contributed by atoms with Crippen LogP contribution in [0.3, 0.4) is 0 Å². The first-order valence-corrected chi connectivity index (χ1v) is 9.73. The summed E-state index contributed by atoms with van der Waals surface area (Å²) in [6.45, 7) is 5.28. The number of aromatic nitrogens is 2. The van der Waals surface area contributed by atoms with Crippen LogP contribution in [0.4, 0.5) is 0 Å². The molecule has 0 bridgehead atoms. The van der Waals surface area contributed by atoms with E-state index in [0.717, 1.165) is 30.7 Å². The van der Waals surface area contributed by atoms with Crippen molar-refractivity contribution in [2.24, 2.45) is 5.73 Å². The predicted octanol–water partition coefficient (Wildman–Crippen LogP) is 4.11. The summed E-state index contributed by atoms with van der Waals surface area (Å²) < 4.78 is 2.22. The molecule has 3 aromatic carbocycles. The molecule has 0 saturated carbocycles. The first kappa shape index (κ1) is 18.4. The maximum atomic E-state index is 5.53. The molecule has 0 aliphatic rings. The number of hydrogen-bond acceptors (Lipinski definition) is 3. The highest BCUT2D eigenvalue weighted by Gasteiger charge is 2.06. The van der Waals surface area contributed by atoms with Crippen LogP contribution in [0.25, 0.3) is 22.2 Å². The molecule has 0 spiro atoms. The molecule has 4 aromatic rings. The highest BCUT2D eigenvalue weighted by molar-refractivity contribution is 5.82. The predicted molar refractivity (Wildman–Crippen MR) is 116 cm³/mol. The Labute approximate surface area is 166 Å². The topological polar surface area (TPSA) is 55.9 Å². The molecule has 4 rings (SSSR count). The van der Waals surface area contributed by atoms with E-state index in [1.54, 1.807) is 0 Å². The second kappa shape index (κ2) is 8.38. The zero-order valence-corrected chi connectivity index (χ0v) is 16.2. The van der Waals surface area contributed by atoms with Crippen molar-refractivity contribution in [3.05, 3.63) is 89.7 Å². The molecule has 0 unspecified atom stereocenters. The van der Waals surface area contributed by atoms with Crippen LogP contribution in [0.1, 0.15) is 16.7 Å². The fourth-order valence-electron chi connectivity index (χ4n) is 3.40. The standard InChI is InChI=1S/C24H26N4/c1-18-2-4-20(5-3-18)16-28-17-27-23-11-10-22(14-24(23)28)21-8-6-19(7-9-21)15-26-13-12-25/h2-11,14,17,26H,12-13,15-16,25H2,1H3. The molecule has 4 heteroatoms. The van der Waals surface area contributed by atoms with Crippen LogP contribution in [0, 0.1) is 6.92 Å². The smallest absolute Gasteiger partial charge is 0.0961 e. The van der Waals surface area contributed by atoms with E-state index in [2.05, 4.69) is 88.5 Å². The van der Waals surface area contributed by atoms with E-state index >= 15 is 0 Å². The van der Waals surface area contributed by atoms with Gasteiger partial charge in [-0.2, -0.15) is 0 Å². The van der Waals surface area contributed by atoms with Gasteiger partial charge in [0.05, 0.1) is 17.4 Å². The Morgan fingerprint density at radius 1 is 0.893 bits per heavy atom. The number of rotatable bonds is 7. The molecule has 0 fully saturated rings. The zero-order chi connectivity index (χ0) is 19.3. The third-order valence-corrected chi connectivity index (χ3v) is 5.03. The normalized spacial score (nSPS) is 11.2. The van der Waals surface area contributed by atoms with Gasteiger partial charge in [0.15, 0.2) is 0 Å². The van der Waals surface area contributed by atoms with Gasteiger partial charge in [-0.25, -0.2) is 4.98 Å². The number of nitrogens with zero attached hydrogens (tertiary/aromatic N) is 2. The summed E-state index contributed by atoms with van der Waals surface area (Å²) in [6.07, 6.45) is 1.93. The second-order valence-electron chi connectivity index (χ2n) is 7.22. The molecule has 0 atom stereocenters. The number of nitrogens with two attached hydrogens (primary N) is 1. The Balaban J connectivity index is 1.57. The van der Waals surface area contributed by atoms with Gasteiger partial charge in [0, 0.05) is 26.2 Å². The maximum Gasteiger partial charge on any atom is 0.0961 e. The van der Waals surface area contributed by atoms with E-state index < -0.39 is 0 Å². The van der Waals surface area contributed by atoms with Crippen molar-refractivity contribution in [2.45, 2.75) is 20.0 Å². The molecule has 0 aliphatic carbocycles. The summed E-state index contributed by atoms with van der Waals surface area (Å²) in [6, 6.07) is 23.9. The Bertz CT molecular complexity index is 1050. The maximum absolute atomic E-state index is 5.53. The van der Waals surface area contributed by atoms with Gasteiger partial charge in [0.2, 0.25) is 0 Å². The number of fused-ring (bicyclic) bond motifs is 1. The summed E-state index contributed by atoms with van der Waals surface area (Å²) in [5.74, 6) is 0. The van der Waals surface area contributed by atoms with Gasteiger partial charge in [-0.3, -0.25) is 0 Å². The van der Waals surface area contributed by atoms with Crippen LogP contribution in [0.2, 0.25) is 0 Å². The van der Waals surface area contributed by atoms with Crippen LogP contribution in [-0.2, 0) is 13.1 Å². The molecule has 0 aliphatic heterocycles. The fraction of sp³-hybridized carbons (Fsp3) is 0.208. The first-order chi connectivity index (χ1) is 13.7. The van der Waals surface area contributed by atoms with E-state index in [4.69, 9.17) is 5.73 Å². The monoisotopic (exact) mass is 370 g/mol. The lowest BCUT2D eigenvalue weighted by molar-refractivity contribution is 0.695. The lowest BCUT2D eigenvalue weighted by atomic mass is 10.0. The van der Waals surface area contributed by atoms with E-state index in [0.29, 0.717) is 6.54 Å². The minimum absolute atomic E-state index is 0.661. The van der Waals surface area contributed by atoms with Crippen molar-refractivity contribution in [1.82, 2.24) is 14.9 Å². The second-order valence-corrected chi connectivity index (χ2v) is 7.22. The van der Waals surface area contributed by atoms with Crippen LogP contribution >= 0.6 is 0 Å². The minimum atomic E-state index is 0.661. The number of aryl methyl sites for hydroxylation is 1. The van der Waals surface area contributed by atoms with Gasteiger partial charge < -0.3 is 15.6 Å². The molecule has 0 saturated heterocycles. The van der Waals surface area contributed by atoms with Crippen LogP contribution in [-0.4, -0.2) is 22.6 Å². The third-order valence-electron chi connectivity index (χ3n) is 5.03. The van der Waals surface area contributed by atoms with Crippen molar-refractivity contribution in [2.75, 3.05) is 13.1 Å².